The van der Waals surface area contributed by atoms with Crippen molar-refractivity contribution in [2.75, 3.05) is 6.61 Å². The Morgan fingerprint density at radius 1 is 1.37 bits per heavy atom. The number of nitrogens with one attached hydrogen (secondary N) is 1. The molecule has 4 nitrogen and oxygen atoms in total. The summed E-state index contributed by atoms with van der Waals surface area (Å²) in [5, 5.41) is 2.76. The molecule has 0 saturated heterocycles. The summed E-state index contributed by atoms with van der Waals surface area (Å²) in [5.74, 6) is -0.483. The minimum atomic E-state index is -0.741. The molecule has 1 fully saturated rings. The summed E-state index contributed by atoms with van der Waals surface area (Å²) in [6.45, 7) is 3.64. The van der Waals surface area contributed by atoms with E-state index < -0.39 is 12.0 Å². The van der Waals surface area contributed by atoms with Crippen molar-refractivity contribution in [1.82, 2.24) is 5.32 Å². The maximum atomic E-state index is 12.0. The Bertz CT molecular complexity index is 466. The molecule has 1 aliphatic rings. The smallest absolute Gasteiger partial charge is 0.333 e. The van der Waals surface area contributed by atoms with Crippen LogP contribution in [0.2, 0.25) is 0 Å². The third-order valence-corrected chi connectivity index (χ3v) is 2.95. The average Bonchev–Trinajstić information content (AvgIpc) is 3.27. The predicted molar refractivity (Wildman–Crippen MR) is 71.2 cm³/mol. The van der Waals surface area contributed by atoms with Crippen LogP contribution in [-0.4, -0.2) is 18.5 Å². The Kier molecular flexibility index (Phi) is 4.34. The molecule has 0 aliphatic heterocycles. The molecule has 0 heterocycles. The van der Waals surface area contributed by atoms with Gasteiger partial charge in [-0.15, -0.1) is 0 Å². The molecule has 1 unspecified atom stereocenters. The molecule has 1 N–H and O–H groups in total. The molecule has 4 heteroatoms. The van der Waals surface area contributed by atoms with Crippen LogP contribution >= 0.6 is 0 Å². The maximum absolute atomic E-state index is 12.0. The van der Waals surface area contributed by atoms with Crippen molar-refractivity contribution in [2.24, 2.45) is 5.92 Å². The molecule has 0 bridgehead atoms. The molecular weight excluding hydrogens is 242 g/mol. The number of hydrogen-bond donors (Lipinski definition) is 1. The van der Waals surface area contributed by atoms with Gasteiger partial charge in [-0.2, -0.15) is 0 Å². The van der Waals surface area contributed by atoms with Gasteiger partial charge in [-0.05, 0) is 18.4 Å². The fourth-order valence-corrected chi connectivity index (χ4v) is 1.75. The van der Waals surface area contributed by atoms with E-state index in [1.54, 1.807) is 12.1 Å². The standard InChI is InChI=1S/C15H17NO3/c1-2-10-19-15(18)13(11-6-4-3-5-7-11)16-14(17)12-8-9-12/h2-7,12-13H,1,8-10H2,(H,16,17). The SMILES string of the molecule is C=CCOC(=O)C(NC(=O)C1CC1)c1ccccc1. The first kappa shape index (κ1) is 13.3. The summed E-state index contributed by atoms with van der Waals surface area (Å²) < 4.78 is 5.04. The minimum Gasteiger partial charge on any atom is -0.460 e. The van der Waals surface area contributed by atoms with Gasteiger partial charge in [0.15, 0.2) is 6.04 Å². The van der Waals surface area contributed by atoms with Gasteiger partial charge in [0, 0.05) is 5.92 Å². The summed E-state index contributed by atoms with van der Waals surface area (Å²) in [7, 11) is 0. The normalized spacial score (nSPS) is 15.4. The van der Waals surface area contributed by atoms with Crippen LogP contribution in [0.15, 0.2) is 43.0 Å². The topological polar surface area (TPSA) is 55.4 Å². The summed E-state index contributed by atoms with van der Waals surface area (Å²) in [6, 6.07) is 8.37. The second-order valence-electron chi connectivity index (χ2n) is 4.55. The molecule has 1 aromatic rings. The highest BCUT2D eigenvalue weighted by Crippen LogP contribution is 2.30. The van der Waals surface area contributed by atoms with E-state index in [1.165, 1.54) is 6.08 Å². The van der Waals surface area contributed by atoms with E-state index in [4.69, 9.17) is 4.74 Å². The Labute approximate surface area is 112 Å². The third-order valence-electron chi connectivity index (χ3n) is 2.95. The van der Waals surface area contributed by atoms with Gasteiger partial charge in [-0.1, -0.05) is 43.0 Å². The molecule has 1 amide bonds. The number of benzene rings is 1. The molecule has 1 aliphatic carbocycles. The van der Waals surface area contributed by atoms with Crippen LogP contribution in [0, 0.1) is 5.92 Å². The maximum Gasteiger partial charge on any atom is 0.333 e. The highest BCUT2D eigenvalue weighted by molar-refractivity contribution is 5.87. The van der Waals surface area contributed by atoms with Gasteiger partial charge in [0.05, 0.1) is 0 Å². The van der Waals surface area contributed by atoms with Crippen molar-refractivity contribution >= 4 is 11.9 Å². The van der Waals surface area contributed by atoms with Crippen LogP contribution in [0.5, 0.6) is 0 Å². The highest BCUT2D eigenvalue weighted by Gasteiger charge is 2.33. The highest BCUT2D eigenvalue weighted by atomic mass is 16.5. The lowest BCUT2D eigenvalue weighted by Gasteiger charge is -2.17. The van der Waals surface area contributed by atoms with E-state index in [0.717, 1.165) is 18.4 Å². The zero-order chi connectivity index (χ0) is 13.7. The van der Waals surface area contributed by atoms with Crippen molar-refractivity contribution in [3.05, 3.63) is 48.6 Å². The molecular formula is C15H17NO3. The van der Waals surface area contributed by atoms with Crippen molar-refractivity contribution in [3.63, 3.8) is 0 Å². The van der Waals surface area contributed by atoms with Crippen LogP contribution in [0.25, 0.3) is 0 Å². The quantitative estimate of drug-likeness (QED) is 0.628. The molecule has 1 atom stereocenters. The average molecular weight is 259 g/mol. The number of carbonyl (C=O) groups is 2. The minimum absolute atomic E-state index is 0.0541. The van der Waals surface area contributed by atoms with E-state index in [1.807, 2.05) is 18.2 Å². The van der Waals surface area contributed by atoms with Gasteiger partial charge in [-0.25, -0.2) is 4.79 Å². The lowest BCUT2D eigenvalue weighted by Crippen LogP contribution is -2.35. The number of esters is 1. The number of amides is 1. The predicted octanol–water partition coefficient (Wildman–Crippen LogP) is 1.98. The second kappa shape index (κ2) is 6.18. The van der Waals surface area contributed by atoms with Crippen molar-refractivity contribution in [2.45, 2.75) is 18.9 Å². The molecule has 0 spiro atoms. The fraction of sp³-hybridized carbons (Fsp3) is 0.333. The Hall–Kier alpha value is -2.10. The largest absolute Gasteiger partial charge is 0.460 e. The van der Waals surface area contributed by atoms with Crippen LogP contribution in [0.1, 0.15) is 24.4 Å². The molecule has 0 aromatic heterocycles. The van der Waals surface area contributed by atoms with Crippen LogP contribution in [0.4, 0.5) is 0 Å². The molecule has 1 aromatic carbocycles. The van der Waals surface area contributed by atoms with Gasteiger partial charge in [0.25, 0.3) is 0 Å². The van der Waals surface area contributed by atoms with Crippen molar-refractivity contribution in [1.29, 1.82) is 0 Å². The Morgan fingerprint density at radius 3 is 2.63 bits per heavy atom. The van der Waals surface area contributed by atoms with E-state index in [2.05, 4.69) is 11.9 Å². The van der Waals surface area contributed by atoms with Crippen molar-refractivity contribution in [3.8, 4) is 0 Å². The van der Waals surface area contributed by atoms with Gasteiger partial charge >= 0.3 is 5.97 Å². The zero-order valence-electron chi connectivity index (χ0n) is 10.7. The third kappa shape index (κ3) is 3.68. The number of carbonyl (C=O) groups excluding carboxylic acids is 2. The summed E-state index contributed by atoms with van der Waals surface area (Å²) >= 11 is 0. The first-order valence-electron chi connectivity index (χ1n) is 6.35. The van der Waals surface area contributed by atoms with E-state index in [-0.39, 0.29) is 18.4 Å². The first-order chi connectivity index (χ1) is 9.22. The lowest BCUT2D eigenvalue weighted by molar-refractivity contribution is -0.147. The van der Waals surface area contributed by atoms with Crippen LogP contribution in [-0.2, 0) is 14.3 Å². The Balaban J connectivity index is 2.09. The molecule has 0 radical (unpaired) electrons. The van der Waals surface area contributed by atoms with E-state index in [0.29, 0.717) is 0 Å². The first-order valence-corrected chi connectivity index (χ1v) is 6.35. The Morgan fingerprint density at radius 2 is 2.05 bits per heavy atom. The van der Waals surface area contributed by atoms with E-state index >= 15 is 0 Å². The zero-order valence-corrected chi connectivity index (χ0v) is 10.7. The molecule has 19 heavy (non-hydrogen) atoms. The number of rotatable bonds is 6. The number of ether oxygens (including phenoxy) is 1. The molecule has 2 rings (SSSR count). The van der Waals surface area contributed by atoms with Gasteiger partial charge in [-0.3, -0.25) is 4.79 Å². The number of hydrogen-bond acceptors (Lipinski definition) is 3. The van der Waals surface area contributed by atoms with Gasteiger partial charge < -0.3 is 10.1 Å². The molecule has 100 valence electrons. The summed E-state index contributed by atoms with van der Waals surface area (Å²) in [4.78, 5) is 23.8. The fourth-order valence-electron chi connectivity index (χ4n) is 1.75. The lowest BCUT2D eigenvalue weighted by atomic mass is 10.1. The van der Waals surface area contributed by atoms with E-state index in [9.17, 15) is 9.59 Å². The van der Waals surface area contributed by atoms with Crippen LogP contribution < -0.4 is 5.32 Å². The van der Waals surface area contributed by atoms with Crippen LogP contribution in [0.3, 0.4) is 0 Å². The van der Waals surface area contributed by atoms with Gasteiger partial charge in [0.1, 0.15) is 6.61 Å². The van der Waals surface area contributed by atoms with Crippen molar-refractivity contribution < 1.29 is 14.3 Å². The summed E-state index contributed by atoms with van der Waals surface area (Å²) in [6.07, 6.45) is 3.30. The molecule has 1 saturated carbocycles. The second-order valence-corrected chi connectivity index (χ2v) is 4.55. The monoisotopic (exact) mass is 259 g/mol. The van der Waals surface area contributed by atoms with Gasteiger partial charge in [0.2, 0.25) is 5.91 Å². The summed E-state index contributed by atoms with van der Waals surface area (Å²) in [5.41, 5.74) is 0.727.